The number of carbonyl (C=O) groups is 3. The molecular weight excluding hydrogens is 332 g/mol. The van der Waals surface area contributed by atoms with Gasteiger partial charge in [-0.25, -0.2) is 9.69 Å². The zero-order chi connectivity index (χ0) is 18.3. The maximum Gasteiger partial charge on any atom is 0.326 e. The number of piperidine rings is 1. The number of amides is 4. The van der Waals surface area contributed by atoms with Crippen molar-refractivity contribution in [1.29, 1.82) is 0 Å². The number of fused-ring (bicyclic) bond motifs is 2. The van der Waals surface area contributed by atoms with Gasteiger partial charge in [0.05, 0.1) is 6.67 Å². The highest BCUT2D eigenvalue weighted by molar-refractivity contribution is 6.07. The second-order valence-electron chi connectivity index (χ2n) is 7.52. The molecule has 26 heavy (non-hydrogen) atoms. The van der Waals surface area contributed by atoms with E-state index in [0.717, 1.165) is 24.0 Å². The number of benzene rings is 1. The van der Waals surface area contributed by atoms with E-state index in [4.69, 9.17) is 5.73 Å². The van der Waals surface area contributed by atoms with Crippen LogP contribution in [0.15, 0.2) is 24.3 Å². The van der Waals surface area contributed by atoms with Crippen LogP contribution in [0.4, 0.5) is 4.79 Å². The first-order chi connectivity index (χ1) is 12.5. The van der Waals surface area contributed by atoms with Gasteiger partial charge < -0.3 is 11.1 Å². The Bertz CT molecular complexity index is 757. The van der Waals surface area contributed by atoms with Gasteiger partial charge in [0.2, 0.25) is 5.91 Å². The van der Waals surface area contributed by atoms with Gasteiger partial charge in [-0.05, 0) is 43.2 Å². The number of primary amides is 1. The third kappa shape index (κ3) is 2.67. The average molecular weight is 356 g/mol. The number of nitrogens with one attached hydrogen (secondary N) is 1. The minimum atomic E-state index is -0.919. The number of nitrogens with zero attached hydrogens (tertiary/aromatic N) is 2. The number of carbonyl (C=O) groups excluding carboxylic acids is 3. The van der Waals surface area contributed by atoms with Crippen molar-refractivity contribution in [2.75, 3.05) is 19.8 Å². The number of imide groups is 1. The molecule has 3 N–H and O–H groups in total. The van der Waals surface area contributed by atoms with Gasteiger partial charge in [-0.15, -0.1) is 0 Å². The van der Waals surface area contributed by atoms with Gasteiger partial charge in [0.15, 0.2) is 0 Å². The Morgan fingerprint density at radius 3 is 2.69 bits per heavy atom. The topological polar surface area (TPSA) is 95.7 Å². The minimum Gasteiger partial charge on any atom is -0.369 e. The van der Waals surface area contributed by atoms with Gasteiger partial charge in [-0.2, -0.15) is 0 Å². The molecule has 1 spiro atoms. The molecule has 0 aromatic heterocycles. The van der Waals surface area contributed by atoms with Crippen molar-refractivity contribution < 1.29 is 14.4 Å². The van der Waals surface area contributed by atoms with Crippen molar-refractivity contribution >= 4 is 17.8 Å². The molecule has 0 bridgehead atoms. The summed E-state index contributed by atoms with van der Waals surface area (Å²) in [5.41, 5.74) is 6.52. The van der Waals surface area contributed by atoms with Gasteiger partial charge >= 0.3 is 6.03 Å². The number of nitrogens with two attached hydrogens (primary N) is 1. The van der Waals surface area contributed by atoms with E-state index in [1.54, 1.807) is 0 Å². The fourth-order valence-corrected chi connectivity index (χ4v) is 4.50. The summed E-state index contributed by atoms with van der Waals surface area (Å²) in [5, 5.41) is 2.98. The molecule has 1 atom stereocenters. The number of aryl methyl sites for hydroxylation is 1. The highest BCUT2D eigenvalue weighted by Gasteiger charge is 2.54. The van der Waals surface area contributed by atoms with Crippen LogP contribution < -0.4 is 11.1 Å². The summed E-state index contributed by atoms with van der Waals surface area (Å²) in [7, 11) is 0. The number of rotatable bonds is 3. The van der Waals surface area contributed by atoms with Gasteiger partial charge in [-0.3, -0.25) is 14.5 Å². The molecule has 138 valence electrons. The van der Waals surface area contributed by atoms with Crippen LogP contribution in [0.5, 0.6) is 0 Å². The largest absolute Gasteiger partial charge is 0.369 e. The Labute approximate surface area is 152 Å². The third-order valence-corrected chi connectivity index (χ3v) is 5.98. The lowest BCUT2D eigenvalue weighted by Gasteiger charge is -2.35. The van der Waals surface area contributed by atoms with Gasteiger partial charge in [-0.1, -0.05) is 24.3 Å². The zero-order valence-electron chi connectivity index (χ0n) is 14.7. The normalized spacial score (nSPS) is 26.8. The molecular formula is C19H24N4O3. The number of urea groups is 1. The summed E-state index contributed by atoms with van der Waals surface area (Å²) >= 11 is 0. The molecule has 0 radical (unpaired) electrons. The first kappa shape index (κ1) is 17.0. The molecule has 4 rings (SSSR count). The van der Waals surface area contributed by atoms with Crippen LogP contribution in [0, 0.1) is 5.92 Å². The van der Waals surface area contributed by atoms with Crippen molar-refractivity contribution in [3.8, 4) is 0 Å². The van der Waals surface area contributed by atoms with Gasteiger partial charge in [0.1, 0.15) is 5.54 Å². The van der Waals surface area contributed by atoms with Crippen molar-refractivity contribution in [3.05, 3.63) is 35.4 Å². The van der Waals surface area contributed by atoms with Crippen LogP contribution in [0.25, 0.3) is 0 Å². The fraction of sp³-hybridized carbons (Fsp3) is 0.526. The third-order valence-electron chi connectivity index (χ3n) is 5.98. The van der Waals surface area contributed by atoms with Crippen molar-refractivity contribution in [2.45, 2.75) is 37.6 Å². The summed E-state index contributed by atoms with van der Waals surface area (Å²) in [4.78, 5) is 40.5. The van der Waals surface area contributed by atoms with E-state index in [0.29, 0.717) is 32.4 Å². The number of likely N-dealkylation sites (tertiary alicyclic amines) is 1. The fourth-order valence-electron chi connectivity index (χ4n) is 4.50. The molecule has 1 aromatic carbocycles. The van der Waals surface area contributed by atoms with E-state index in [1.165, 1.54) is 4.90 Å². The Morgan fingerprint density at radius 1 is 1.23 bits per heavy atom. The number of hydrogen-bond acceptors (Lipinski definition) is 4. The monoisotopic (exact) mass is 356 g/mol. The molecule has 1 unspecified atom stereocenters. The average Bonchev–Trinajstić information content (AvgIpc) is 2.87. The van der Waals surface area contributed by atoms with Gasteiger partial charge in [0, 0.05) is 19.0 Å². The molecule has 2 aliphatic heterocycles. The van der Waals surface area contributed by atoms with E-state index in [9.17, 15) is 14.4 Å². The van der Waals surface area contributed by atoms with Gasteiger partial charge in [0.25, 0.3) is 5.91 Å². The molecule has 4 amide bonds. The molecule has 2 saturated heterocycles. The SMILES string of the molecule is NC(=O)C1CCN(CN2C(=O)NC3(CCCc4ccccc43)C2=O)CC1. The summed E-state index contributed by atoms with van der Waals surface area (Å²) in [5.74, 6) is -0.532. The molecule has 1 aliphatic carbocycles. The van der Waals surface area contributed by atoms with E-state index in [1.807, 2.05) is 29.2 Å². The Balaban J connectivity index is 1.52. The smallest absolute Gasteiger partial charge is 0.326 e. The van der Waals surface area contributed by atoms with Crippen molar-refractivity contribution in [1.82, 2.24) is 15.1 Å². The lowest BCUT2D eigenvalue weighted by Crippen LogP contribution is -2.48. The van der Waals surface area contributed by atoms with E-state index < -0.39 is 5.54 Å². The highest BCUT2D eigenvalue weighted by Crippen LogP contribution is 2.40. The summed E-state index contributed by atoms with van der Waals surface area (Å²) in [6.07, 6.45) is 3.79. The summed E-state index contributed by atoms with van der Waals surface area (Å²) < 4.78 is 0. The Hall–Kier alpha value is -2.41. The molecule has 2 fully saturated rings. The van der Waals surface area contributed by atoms with Crippen LogP contribution in [0.1, 0.15) is 36.8 Å². The van der Waals surface area contributed by atoms with Crippen LogP contribution in [-0.4, -0.2) is 47.4 Å². The van der Waals surface area contributed by atoms with Crippen molar-refractivity contribution in [3.63, 3.8) is 0 Å². The quantitative estimate of drug-likeness (QED) is 0.788. The van der Waals surface area contributed by atoms with E-state index in [-0.39, 0.29) is 30.4 Å². The number of hydrogen-bond donors (Lipinski definition) is 2. The molecule has 2 heterocycles. The predicted molar refractivity (Wildman–Crippen MR) is 94.8 cm³/mol. The lowest BCUT2D eigenvalue weighted by molar-refractivity contribution is -0.134. The first-order valence-electron chi connectivity index (χ1n) is 9.25. The van der Waals surface area contributed by atoms with E-state index >= 15 is 0 Å². The van der Waals surface area contributed by atoms with E-state index in [2.05, 4.69) is 5.32 Å². The Morgan fingerprint density at radius 2 is 1.96 bits per heavy atom. The zero-order valence-corrected chi connectivity index (χ0v) is 14.7. The van der Waals surface area contributed by atoms with Crippen LogP contribution >= 0.6 is 0 Å². The standard InChI is InChI=1S/C19H24N4O3/c20-16(24)14-7-10-22(11-8-14)12-23-17(25)19(21-18(23)26)9-3-5-13-4-1-2-6-15(13)19/h1-2,4,6,14H,3,5,7-12H2,(H2,20,24)(H,21,26). The summed E-state index contributed by atoms with van der Waals surface area (Å²) in [6, 6.07) is 7.55. The van der Waals surface area contributed by atoms with Crippen LogP contribution in [-0.2, 0) is 21.5 Å². The predicted octanol–water partition coefficient (Wildman–Crippen LogP) is 0.925. The summed E-state index contributed by atoms with van der Waals surface area (Å²) in [6.45, 7) is 1.59. The highest BCUT2D eigenvalue weighted by atomic mass is 16.2. The second-order valence-corrected chi connectivity index (χ2v) is 7.52. The van der Waals surface area contributed by atoms with Crippen LogP contribution in [0.2, 0.25) is 0 Å². The lowest BCUT2D eigenvalue weighted by atomic mass is 9.76. The second kappa shape index (κ2) is 6.39. The Kier molecular flexibility index (Phi) is 4.19. The molecule has 3 aliphatic rings. The maximum atomic E-state index is 13.2. The molecule has 7 heteroatoms. The molecule has 1 aromatic rings. The first-order valence-corrected chi connectivity index (χ1v) is 9.25. The minimum absolute atomic E-state index is 0.106. The molecule has 7 nitrogen and oxygen atoms in total. The molecule has 0 saturated carbocycles. The van der Waals surface area contributed by atoms with Crippen LogP contribution in [0.3, 0.4) is 0 Å². The van der Waals surface area contributed by atoms with Crippen molar-refractivity contribution in [2.24, 2.45) is 11.7 Å². The maximum absolute atomic E-state index is 13.2.